The molecule has 3 heterocycles. The molecule has 5 nitrogen and oxygen atoms in total. The first-order valence-corrected chi connectivity index (χ1v) is 6.95. The van der Waals surface area contributed by atoms with Crippen molar-refractivity contribution < 1.29 is 9.47 Å². The molecule has 0 saturated carbocycles. The van der Waals surface area contributed by atoms with Crippen LogP contribution in [0.4, 0.5) is 5.69 Å². The normalized spacial score (nSPS) is 13.3. The van der Waals surface area contributed by atoms with Crippen molar-refractivity contribution in [1.29, 1.82) is 0 Å². The Morgan fingerprint density at radius 3 is 3.00 bits per heavy atom. The molecule has 4 rings (SSSR count). The summed E-state index contributed by atoms with van der Waals surface area (Å²) in [6, 6.07) is 9.93. The number of anilines is 1. The monoisotopic (exact) mass is 281 g/mol. The molecule has 2 N–H and O–H groups in total. The molecule has 0 radical (unpaired) electrons. The Kier molecular flexibility index (Phi) is 2.88. The largest absolute Gasteiger partial charge is 0.486 e. The predicted octanol–water partition coefficient (Wildman–Crippen LogP) is 2.95. The van der Waals surface area contributed by atoms with E-state index in [0.29, 0.717) is 13.2 Å². The number of rotatable bonds is 3. The van der Waals surface area contributed by atoms with E-state index in [1.807, 2.05) is 30.5 Å². The molecule has 106 valence electrons. The zero-order chi connectivity index (χ0) is 14.1. The summed E-state index contributed by atoms with van der Waals surface area (Å²) in [5.74, 6) is 1.61. The number of aromatic nitrogens is 2. The highest BCUT2D eigenvalue weighted by molar-refractivity contribution is 5.79. The van der Waals surface area contributed by atoms with E-state index < -0.39 is 0 Å². The third-order valence-electron chi connectivity index (χ3n) is 3.56. The number of H-pyrrole nitrogens is 1. The first kappa shape index (κ1) is 12.1. The zero-order valence-electron chi connectivity index (χ0n) is 11.4. The first-order chi connectivity index (χ1) is 10.4. The highest BCUT2D eigenvalue weighted by atomic mass is 16.6. The fourth-order valence-corrected chi connectivity index (χ4v) is 2.51. The molecule has 21 heavy (non-hydrogen) atoms. The number of nitrogens with one attached hydrogen (secondary N) is 2. The number of benzene rings is 1. The smallest absolute Gasteiger partial charge is 0.163 e. The van der Waals surface area contributed by atoms with Crippen molar-refractivity contribution in [3.63, 3.8) is 0 Å². The Balaban J connectivity index is 1.54. The molecule has 0 spiro atoms. The number of nitrogens with zero attached hydrogens (tertiary/aromatic N) is 1. The lowest BCUT2D eigenvalue weighted by Gasteiger charge is -2.19. The Bertz CT molecular complexity index is 782. The zero-order valence-corrected chi connectivity index (χ0v) is 11.4. The molecule has 3 aromatic rings. The van der Waals surface area contributed by atoms with E-state index in [1.54, 1.807) is 6.20 Å². The lowest BCUT2D eigenvalue weighted by atomic mass is 10.2. The SMILES string of the molecule is c1cnc2[nH]cc(CNc3ccc4c(c3)OCCO4)c2c1. The molecular formula is C16H15N3O2. The van der Waals surface area contributed by atoms with Crippen LogP contribution in [0.5, 0.6) is 11.5 Å². The van der Waals surface area contributed by atoms with Crippen molar-refractivity contribution >= 4 is 16.7 Å². The van der Waals surface area contributed by atoms with Crippen molar-refractivity contribution in [2.75, 3.05) is 18.5 Å². The molecule has 0 aliphatic carbocycles. The van der Waals surface area contributed by atoms with Gasteiger partial charge in [-0.1, -0.05) is 0 Å². The van der Waals surface area contributed by atoms with Crippen LogP contribution >= 0.6 is 0 Å². The topological polar surface area (TPSA) is 59.2 Å². The van der Waals surface area contributed by atoms with Crippen LogP contribution in [0.25, 0.3) is 11.0 Å². The minimum Gasteiger partial charge on any atom is -0.486 e. The molecule has 0 saturated heterocycles. The lowest BCUT2D eigenvalue weighted by molar-refractivity contribution is 0.171. The highest BCUT2D eigenvalue weighted by Gasteiger charge is 2.11. The van der Waals surface area contributed by atoms with Crippen molar-refractivity contribution in [2.45, 2.75) is 6.54 Å². The van der Waals surface area contributed by atoms with Crippen LogP contribution in [0.15, 0.2) is 42.7 Å². The minimum absolute atomic E-state index is 0.602. The summed E-state index contributed by atoms with van der Waals surface area (Å²) in [5.41, 5.74) is 3.11. The van der Waals surface area contributed by atoms with Gasteiger partial charge in [-0.05, 0) is 29.8 Å². The maximum atomic E-state index is 5.59. The van der Waals surface area contributed by atoms with Gasteiger partial charge in [-0.25, -0.2) is 4.98 Å². The van der Waals surface area contributed by atoms with E-state index in [-0.39, 0.29) is 0 Å². The average molecular weight is 281 g/mol. The molecular weight excluding hydrogens is 266 g/mol. The van der Waals surface area contributed by atoms with Gasteiger partial charge in [0.1, 0.15) is 18.9 Å². The molecule has 1 aliphatic heterocycles. The van der Waals surface area contributed by atoms with Crippen LogP contribution in [-0.2, 0) is 6.54 Å². The third kappa shape index (κ3) is 2.27. The number of ether oxygens (including phenoxy) is 2. The van der Waals surface area contributed by atoms with Crippen molar-refractivity contribution in [3.8, 4) is 11.5 Å². The minimum atomic E-state index is 0.602. The van der Waals surface area contributed by atoms with E-state index in [9.17, 15) is 0 Å². The fourth-order valence-electron chi connectivity index (χ4n) is 2.51. The molecule has 0 fully saturated rings. The molecule has 1 aliphatic rings. The van der Waals surface area contributed by atoms with Crippen LogP contribution < -0.4 is 14.8 Å². The maximum Gasteiger partial charge on any atom is 0.163 e. The van der Waals surface area contributed by atoms with Gasteiger partial charge >= 0.3 is 0 Å². The van der Waals surface area contributed by atoms with Gasteiger partial charge in [0.2, 0.25) is 0 Å². The van der Waals surface area contributed by atoms with Crippen LogP contribution in [0.2, 0.25) is 0 Å². The fraction of sp³-hybridized carbons (Fsp3) is 0.188. The summed E-state index contributed by atoms with van der Waals surface area (Å²) < 4.78 is 11.1. The Morgan fingerprint density at radius 2 is 2.05 bits per heavy atom. The van der Waals surface area contributed by atoms with Crippen LogP contribution in [0.3, 0.4) is 0 Å². The molecule has 0 bridgehead atoms. The van der Waals surface area contributed by atoms with Crippen LogP contribution in [0.1, 0.15) is 5.56 Å². The summed E-state index contributed by atoms with van der Waals surface area (Å²) in [5, 5.41) is 4.55. The maximum absolute atomic E-state index is 5.59. The molecule has 5 heteroatoms. The number of hydrogen-bond acceptors (Lipinski definition) is 4. The summed E-state index contributed by atoms with van der Waals surface area (Å²) in [6.07, 6.45) is 3.78. The summed E-state index contributed by atoms with van der Waals surface area (Å²) in [6.45, 7) is 1.94. The van der Waals surface area contributed by atoms with E-state index in [0.717, 1.165) is 34.8 Å². The highest BCUT2D eigenvalue weighted by Crippen LogP contribution is 2.32. The number of fused-ring (bicyclic) bond motifs is 2. The lowest BCUT2D eigenvalue weighted by Crippen LogP contribution is -2.15. The van der Waals surface area contributed by atoms with Gasteiger partial charge in [-0.3, -0.25) is 0 Å². The van der Waals surface area contributed by atoms with E-state index in [2.05, 4.69) is 21.4 Å². The number of hydrogen-bond donors (Lipinski definition) is 2. The van der Waals surface area contributed by atoms with Gasteiger partial charge in [0.25, 0.3) is 0 Å². The third-order valence-corrected chi connectivity index (χ3v) is 3.56. The first-order valence-electron chi connectivity index (χ1n) is 6.95. The Morgan fingerprint density at radius 1 is 1.14 bits per heavy atom. The van der Waals surface area contributed by atoms with E-state index >= 15 is 0 Å². The Labute approximate surface area is 121 Å². The molecule has 0 unspecified atom stereocenters. The van der Waals surface area contributed by atoms with Crippen molar-refractivity contribution in [3.05, 3.63) is 48.3 Å². The number of aromatic amines is 1. The van der Waals surface area contributed by atoms with Crippen molar-refractivity contribution in [1.82, 2.24) is 9.97 Å². The van der Waals surface area contributed by atoms with Gasteiger partial charge in [0, 0.05) is 36.1 Å². The average Bonchev–Trinajstić information content (AvgIpc) is 2.96. The van der Waals surface area contributed by atoms with Gasteiger partial charge in [0.05, 0.1) is 0 Å². The van der Waals surface area contributed by atoms with Gasteiger partial charge < -0.3 is 19.8 Å². The predicted molar refractivity (Wildman–Crippen MR) is 80.9 cm³/mol. The van der Waals surface area contributed by atoms with E-state index in [1.165, 1.54) is 5.56 Å². The molecule has 0 atom stereocenters. The van der Waals surface area contributed by atoms with Gasteiger partial charge in [0.15, 0.2) is 11.5 Å². The van der Waals surface area contributed by atoms with Gasteiger partial charge in [-0.2, -0.15) is 0 Å². The Hall–Kier alpha value is -2.69. The molecule has 1 aromatic carbocycles. The van der Waals surface area contributed by atoms with Crippen molar-refractivity contribution in [2.24, 2.45) is 0 Å². The second-order valence-corrected chi connectivity index (χ2v) is 4.93. The number of pyridine rings is 1. The second kappa shape index (κ2) is 5.01. The van der Waals surface area contributed by atoms with Crippen LogP contribution in [0, 0.1) is 0 Å². The quantitative estimate of drug-likeness (QED) is 0.775. The molecule has 0 amide bonds. The van der Waals surface area contributed by atoms with Crippen LogP contribution in [-0.4, -0.2) is 23.2 Å². The summed E-state index contributed by atoms with van der Waals surface area (Å²) >= 11 is 0. The van der Waals surface area contributed by atoms with Gasteiger partial charge in [-0.15, -0.1) is 0 Å². The van der Waals surface area contributed by atoms with E-state index in [4.69, 9.17) is 9.47 Å². The second-order valence-electron chi connectivity index (χ2n) is 4.93. The summed E-state index contributed by atoms with van der Waals surface area (Å²) in [4.78, 5) is 7.47. The summed E-state index contributed by atoms with van der Waals surface area (Å²) in [7, 11) is 0. The molecule has 2 aromatic heterocycles. The standard InChI is InChI=1S/C16H15N3O2/c1-2-13-11(10-19-16(13)17-5-1)9-18-12-3-4-14-15(8-12)21-7-6-20-14/h1-5,8,10,18H,6-7,9H2,(H,17,19).